The first kappa shape index (κ1) is 16.3. The van der Waals surface area contributed by atoms with Crippen LogP contribution in [0.1, 0.15) is 10.5 Å². The average Bonchev–Trinajstić information content (AvgIpc) is 2.67. The molecule has 0 saturated carbocycles. The van der Waals surface area contributed by atoms with Gasteiger partial charge in [-0.3, -0.25) is 9.78 Å². The smallest absolute Gasteiger partial charge is 0.269 e. The Hall–Kier alpha value is -3.55. The van der Waals surface area contributed by atoms with Crippen LogP contribution in [-0.2, 0) is 0 Å². The van der Waals surface area contributed by atoms with Crippen molar-refractivity contribution in [2.24, 2.45) is 0 Å². The number of pyridine rings is 2. The number of rotatable bonds is 7. The maximum atomic E-state index is 11.9. The summed E-state index contributed by atoms with van der Waals surface area (Å²) in [4.78, 5) is 28.3. The van der Waals surface area contributed by atoms with Crippen molar-refractivity contribution in [2.75, 3.05) is 23.7 Å². The van der Waals surface area contributed by atoms with Crippen LogP contribution in [0.2, 0.25) is 0 Å². The molecule has 0 aromatic carbocycles. The Bertz CT molecular complexity index is 811. The van der Waals surface area contributed by atoms with E-state index in [1.165, 1.54) is 6.33 Å². The van der Waals surface area contributed by atoms with Crippen molar-refractivity contribution in [2.45, 2.75) is 0 Å². The van der Waals surface area contributed by atoms with E-state index < -0.39 is 0 Å². The summed E-state index contributed by atoms with van der Waals surface area (Å²) in [5.41, 5.74) is 0.395. The molecule has 0 unspecified atom stereocenters. The zero-order valence-electron chi connectivity index (χ0n) is 13.4. The molecule has 0 fully saturated rings. The molecule has 3 N–H and O–H groups in total. The topological polar surface area (TPSA) is 105 Å². The molecule has 3 heterocycles. The molecule has 0 saturated heterocycles. The SMILES string of the molecule is O=C(NCCNc1cc(Nc2ccccn2)ncn1)c1ccccn1. The Balaban J connectivity index is 1.47. The van der Waals surface area contributed by atoms with Crippen LogP contribution < -0.4 is 16.0 Å². The van der Waals surface area contributed by atoms with Gasteiger partial charge >= 0.3 is 0 Å². The predicted molar refractivity (Wildman–Crippen MR) is 94.6 cm³/mol. The molecular formula is C17H17N7O. The lowest BCUT2D eigenvalue weighted by Gasteiger charge is -2.09. The lowest BCUT2D eigenvalue weighted by Crippen LogP contribution is -2.29. The summed E-state index contributed by atoms with van der Waals surface area (Å²) in [6, 6.07) is 12.6. The highest BCUT2D eigenvalue weighted by molar-refractivity contribution is 5.92. The molecule has 1 amide bonds. The number of carbonyl (C=O) groups excluding carboxylic acids is 1. The first-order chi connectivity index (χ1) is 12.3. The van der Waals surface area contributed by atoms with E-state index in [-0.39, 0.29) is 5.91 Å². The monoisotopic (exact) mass is 335 g/mol. The minimum atomic E-state index is -0.206. The molecule has 0 aliphatic carbocycles. The molecule has 3 aromatic rings. The van der Waals surface area contributed by atoms with Gasteiger partial charge in [0.1, 0.15) is 29.5 Å². The van der Waals surface area contributed by atoms with Crippen molar-refractivity contribution in [3.8, 4) is 0 Å². The van der Waals surface area contributed by atoms with Crippen LogP contribution in [-0.4, -0.2) is 38.9 Å². The van der Waals surface area contributed by atoms with Crippen molar-refractivity contribution in [3.05, 3.63) is 66.9 Å². The molecule has 0 spiro atoms. The van der Waals surface area contributed by atoms with E-state index in [9.17, 15) is 4.79 Å². The first-order valence-corrected chi connectivity index (χ1v) is 7.74. The van der Waals surface area contributed by atoms with Crippen molar-refractivity contribution in [3.63, 3.8) is 0 Å². The van der Waals surface area contributed by atoms with E-state index in [2.05, 4.69) is 35.9 Å². The number of nitrogens with one attached hydrogen (secondary N) is 3. The Morgan fingerprint density at radius 1 is 0.840 bits per heavy atom. The van der Waals surface area contributed by atoms with Crippen LogP contribution >= 0.6 is 0 Å². The number of anilines is 3. The van der Waals surface area contributed by atoms with Crippen molar-refractivity contribution in [1.29, 1.82) is 0 Å². The summed E-state index contributed by atoms with van der Waals surface area (Å²) in [6.07, 6.45) is 4.75. The lowest BCUT2D eigenvalue weighted by atomic mass is 10.3. The maximum absolute atomic E-state index is 11.9. The lowest BCUT2D eigenvalue weighted by molar-refractivity contribution is 0.0950. The van der Waals surface area contributed by atoms with Crippen LogP contribution in [0.3, 0.4) is 0 Å². The molecule has 126 valence electrons. The van der Waals surface area contributed by atoms with Gasteiger partial charge in [0.25, 0.3) is 5.91 Å². The first-order valence-electron chi connectivity index (χ1n) is 7.74. The van der Waals surface area contributed by atoms with Gasteiger partial charge in [0.15, 0.2) is 0 Å². The highest BCUT2D eigenvalue weighted by Gasteiger charge is 2.05. The molecule has 0 atom stereocenters. The Kier molecular flexibility index (Phi) is 5.44. The normalized spacial score (nSPS) is 10.1. The second-order valence-electron chi connectivity index (χ2n) is 5.03. The van der Waals surface area contributed by atoms with Crippen molar-refractivity contribution < 1.29 is 4.79 Å². The van der Waals surface area contributed by atoms with E-state index in [1.807, 2.05) is 18.2 Å². The number of hydrogen-bond donors (Lipinski definition) is 3. The second kappa shape index (κ2) is 8.34. The zero-order valence-corrected chi connectivity index (χ0v) is 13.4. The Morgan fingerprint density at radius 3 is 2.40 bits per heavy atom. The van der Waals surface area contributed by atoms with Crippen LogP contribution in [0, 0.1) is 0 Å². The van der Waals surface area contributed by atoms with E-state index in [0.29, 0.717) is 36.2 Å². The summed E-state index contributed by atoms with van der Waals surface area (Å²) < 4.78 is 0. The Morgan fingerprint density at radius 2 is 1.64 bits per heavy atom. The molecule has 0 aliphatic rings. The average molecular weight is 335 g/mol. The fraction of sp³-hybridized carbons (Fsp3) is 0.118. The van der Waals surface area contributed by atoms with Crippen LogP contribution in [0.15, 0.2) is 61.2 Å². The fourth-order valence-corrected chi connectivity index (χ4v) is 2.04. The summed E-state index contributed by atoms with van der Waals surface area (Å²) in [6.45, 7) is 0.973. The number of hydrogen-bond acceptors (Lipinski definition) is 7. The van der Waals surface area contributed by atoms with E-state index >= 15 is 0 Å². The third kappa shape index (κ3) is 4.96. The van der Waals surface area contributed by atoms with Gasteiger partial charge in [-0.2, -0.15) is 0 Å². The fourth-order valence-electron chi connectivity index (χ4n) is 2.04. The molecule has 0 aliphatic heterocycles. The largest absolute Gasteiger partial charge is 0.368 e. The predicted octanol–water partition coefficient (Wildman–Crippen LogP) is 1.85. The van der Waals surface area contributed by atoms with Gasteiger partial charge in [0, 0.05) is 31.5 Å². The molecule has 3 aromatic heterocycles. The zero-order chi connectivity index (χ0) is 17.3. The summed E-state index contributed by atoms with van der Waals surface area (Å²) in [5, 5.41) is 9.02. The molecule has 3 rings (SSSR count). The van der Waals surface area contributed by atoms with Crippen molar-refractivity contribution in [1.82, 2.24) is 25.3 Å². The minimum Gasteiger partial charge on any atom is -0.368 e. The van der Waals surface area contributed by atoms with Gasteiger partial charge in [0.05, 0.1) is 0 Å². The van der Waals surface area contributed by atoms with Gasteiger partial charge in [0.2, 0.25) is 0 Å². The minimum absolute atomic E-state index is 0.206. The molecule has 0 radical (unpaired) electrons. The van der Waals surface area contributed by atoms with Gasteiger partial charge in [-0.25, -0.2) is 15.0 Å². The van der Waals surface area contributed by atoms with Gasteiger partial charge < -0.3 is 16.0 Å². The highest BCUT2D eigenvalue weighted by atomic mass is 16.1. The van der Waals surface area contributed by atoms with Gasteiger partial charge in [-0.15, -0.1) is 0 Å². The summed E-state index contributed by atoms with van der Waals surface area (Å²) >= 11 is 0. The number of aromatic nitrogens is 4. The maximum Gasteiger partial charge on any atom is 0.269 e. The van der Waals surface area contributed by atoms with E-state index in [4.69, 9.17) is 0 Å². The highest BCUT2D eigenvalue weighted by Crippen LogP contribution is 2.13. The van der Waals surface area contributed by atoms with Crippen molar-refractivity contribution >= 4 is 23.4 Å². The summed E-state index contributed by atoms with van der Waals surface area (Å²) in [5.74, 6) is 1.78. The second-order valence-corrected chi connectivity index (χ2v) is 5.03. The van der Waals surface area contributed by atoms with Crippen LogP contribution in [0.25, 0.3) is 0 Å². The number of amides is 1. The quantitative estimate of drug-likeness (QED) is 0.566. The molecule has 8 nitrogen and oxygen atoms in total. The third-order valence-electron chi connectivity index (χ3n) is 3.20. The Labute approximate surface area is 144 Å². The standard InChI is InChI=1S/C17H17N7O/c25-17(13-5-1-3-7-18-13)21-10-9-20-15-11-16(23-12-22-15)24-14-6-2-4-8-19-14/h1-8,11-12H,9-10H2,(H,21,25)(H2,19,20,22,23,24). The van der Waals surface area contributed by atoms with Crippen LogP contribution in [0.5, 0.6) is 0 Å². The number of carbonyl (C=O) groups is 1. The van der Waals surface area contributed by atoms with Gasteiger partial charge in [-0.1, -0.05) is 12.1 Å². The molecule has 8 heteroatoms. The summed E-state index contributed by atoms with van der Waals surface area (Å²) in [7, 11) is 0. The number of nitrogens with zero attached hydrogens (tertiary/aromatic N) is 4. The van der Waals surface area contributed by atoms with Gasteiger partial charge in [-0.05, 0) is 24.3 Å². The van der Waals surface area contributed by atoms with E-state index in [1.54, 1.807) is 36.7 Å². The molecular weight excluding hydrogens is 318 g/mol. The van der Waals surface area contributed by atoms with E-state index in [0.717, 1.165) is 0 Å². The van der Waals surface area contributed by atoms with Crippen LogP contribution in [0.4, 0.5) is 17.5 Å². The molecule has 25 heavy (non-hydrogen) atoms. The molecule has 0 bridgehead atoms. The third-order valence-corrected chi connectivity index (χ3v) is 3.20.